The molecule has 0 unspecified atom stereocenters. The van der Waals surface area contributed by atoms with Gasteiger partial charge in [0.1, 0.15) is 0 Å². The number of primary amides is 1. The van der Waals surface area contributed by atoms with Crippen LogP contribution in [-0.2, 0) is 4.79 Å². The van der Waals surface area contributed by atoms with E-state index in [0.717, 1.165) is 12.3 Å². The quantitative estimate of drug-likeness (QED) is 0.690. The van der Waals surface area contributed by atoms with E-state index < -0.39 is 0 Å². The molecule has 0 saturated heterocycles. The molecule has 1 atom stereocenters. The predicted octanol–water partition coefficient (Wildman–Crippen LogP) is 2.08. The van der Waals surface area contributed by atoms with Crippen LogP contribution in [0.25, 0.3) is 0 Å². The Morgan fingerprint density at radius 3 is 2.50 bits per heavy atom. The first kappa shape index (κ1) is 9.56. The molecule has 1 saturated carbocycles. The van der Waals surface area contributed by atoms with Gasteiger partial charge in [0.2, 0.25) is 5.91 Å². The topological polar surface area (TPSA) is 43.1 Å². The molecule has 1 fully saturated rings. The average molecular weight is 169 g/mol. The number of amides is 1. The van der Waals surface area contributed by atoms with Gasteiger partial charge in [0.05, 0.1) is 0 Å². The normalized spacial score (nSPS) is 22.1. The lowest BCUT2D eigenvalue weighted by molar-refractivity contribution is -0.121. The van der Waals surface area contributed by atoms with Gasteiger partial charge < -0.3 is 5.73 Å². The third kappa shape index (κ3) is 2.84. The average Bonchev–Trinajstić information content (AvgIpc) is 2.06. The first-order valence-corrected chi connectivity index (χ1v) is 4.99. The highest BCUT2D eigenvalue weighted by molar-refractivity contribution is 5.76. The Morgan fingerprint density at radius 1 is 1.42 bits per heavy atom. The van der Waals surface area contributed by atoms with Gasteiger partial charge in [0.25, 0.3) is 0 Å². The molecule has 1 rings (SSSR count). The SMILES string of the molecule is C[C@@H](CC1CCCCC1)C(N)=O. The molecule has 0 radical (unpaired) electrons. The largest absolute Gasteiger partial charge is 0.369 e. The number of carbonyl (C=O) groups excluding carboxylic acids is 1. The van der Waals surface area contributed by atoms with Crippen molar-refractivity contribution in [3.63, 3.8) is 0 Å². The smallest absolute Gasteiger partial charge is 0.220 e. The van der Waals surface area contributed by atoms with Crippen LogP contribution < -0.4 is 5.73 Å². The van der Waals surface area contributed by atoms with Gasteiger partial charge in [-0.05, 0) is 12.3 Å². The maximum Gasteiger partial charge on any atom is 0.220 e. The van der Waals surface area contributed by atoms with Gasteiger partial charge in [0.15, 0.2) is 0 Å². The van der Waals surface area contributed by atoms with Crippen molar-refractivity contribution in [2.45, 2.75) is 45.4 Å². The fraction of sp³-hybridized carbons (Fsp3) is 0.900. The summed E-state index contributed by atoms with van der Waals surface area (Å²) in [7, 11) is 0. The highest BCUT2D eigenvalue weighted by Crippen LogP contribution is 2.28. The van der Waals surface area contributed by atoms with Crippen LogP contribution >= 0.6 is 0 Å². The molecule has 2 nitrogen and oxygen atoms in total. The molecule has 0 aromatic carbocycles. The minimum atomic E-state index is -0.138. The number of carbonyl (C=O) groups is 1. The van der Waals surface area contributed by atoms with E-state index in [0.29, 0.717) is 0 Å². The second kappa shape index (κ2) is 4.48. The lowest BCUT2D eigenvalue weighted by Gasteiger charge is -2.23. The second-order valence-corrected chi connectivity index (χ2v) is 4.04. The highest BCUT2D eigenvalue weighted by atomic mass is 16.1. The summed E-state index contributed by atoms with van der Waals surface area (Å²) in [6.45, 7) is 1.94. The highest BCUT2D eigenvalue weighted by Gasteiger charge is 2.18. The van der Waals surface area contributed by atoms with Gasteiger partial charge >= 0.3 is 0 Å². The third-order valence-electron chi connectivity index (χ3n) is 2.90. The summed E-state index contributed by atoms with van der Waals surface area (Å²) < 4.78 is 0. The van der Waals surface area contributed by atoms with Crippen molar-refractivity contribution in [3.8, 4) is 0 Å². The van der Waals surface area contributed by atoms with Crippen LogP contribution in [0.1, 0.15) is 45.4 Å². The molecular weight excluding hydrogens is 150 g/mol. The van der Waals surface area contributed by atoms with Crippen LogP contribution in [0.2, 0.25) is 0 Å². The molecule has 1 aliphatic rings. The van der Waals surface area contributed by atoms with Crippen molar-refractivity contribution in [1.82, 2.24) is 0 Å². The van der Waals surface area contributed by atoms with E-state index in [4.69, 9.17) is 5.73 Å². The van der Waals surface area contributed by atoms with Crippen molar-refractivity contribution in [2.24, 2.45) is 17.6 Å². The van der Waals surface area contributed by atoms with Crippen molar-refractivity contribution in [2.75, 3.05) is 0 Å². The van der Waals surface area contributed by atoms with E-state index in [1.54, 1.807) is 0 Å². The summed E-state index contributed by atoms with van der Waals surface area (Å²) in [5.41, 5.74) is 5.21. The Labute approximate surface area is 74.5 Å². The van der Waals surface area contributed by atoms with Gasteiger partial charge in [-0.1, -0.05) is 39.0 Å². The summed E-state index contributed by atoms with van der Waals surface area (Å²) in [6, 6.07) is 0. The van der Waals surface area contributed by atoms with Crippen molar-refractivity contribution in [1.29, 1.82) is 0 Å². The van der Waals surface area contributed by atoms with Crippen molar-refractivity contribution in [3.05, 3.63) is 0 Å². The Balaban J connectivity index is 2.24. The predicted molar refractivity (Wildman–Crippen MR) is 49.6 cm³/mol. The molecule has 70 valence electrons. The number of rotatable bonds is 3. The summed E-state index contributed by atoms with van der Waals surface area (Å²) >= 11 is 0. The van der Waals surface area contributed by atoms with E-state index >= 15 is 0 Å². The summed E-state index contributed by atoms with van der Waals surface area (Å²) in [4.78, 5) is 10.8. The second-order valence-electron chi connectivity index (χ2n) is 4.04. The summed E-state index contributed by atoms with van der Waals surface area (Å²) in [5.74, 6) is 0.704. The number of hydrogen-bond donors (Lipinski definition) is 1. The molecule has 2 N–H and O–H groups in total. The van der Waals surface area contributed by atoms with Crippen LogP contribution in [0, 0.1) is 11.8 Å². The Kier molecular flexibility index (Phi) is 3.57. The molecule has 1 amide bonds. The van der Waals surface area contributed by atoms with Crippen molar-refractivity contribution < 1.29 is 4.79 Å². The minimum Gasteiger partial charge on any atom is -0.369 e. The number of nitrogens with two attached hydrogens (primary N) is 1. The zero-order chi connectivity index (χ0) is 8.97. The molecular formula is C10H19NO. The lowest BCUT2D eigenvalue weighted by atomic mass is 9.83. The van der Waals surface area contributed by atoms with Crippen molar-refractivity contribution >= 4 is 5.91 Å². The van der Waals surface area contributed by atoms with Crippen LogP contribution in [0.15, 0.2) is 0 Å². The maximum absolute atomic E-state index is 10.8. The molecule has 0 aromatic heterocycles. The van der Waals surface area contributed by atoms with Gasteiger partial charge in [0, 0.05) is 5.92 Å². The van der Waals surface area contributed by atoms with E-state index in [-0.39, 0.29) is 11.8 Å². The zero-order valence-electron chi connectivity index (χ0n) is 7.88. The first-order valence-electron chi connectivity index (χ1n) is 4.99. The Bertz CT molecular complexity index is 150. The zero-order valence-corrected chi connectivity index (χ0v) is 7.88. The molecule has 0 bridgehead atoms. The molecule has 0 spiro atoms. The maximum atomic E-state index is 10.8. The molecule has 0 aromatic rings. The Morgan fingerprint density at radius 2 is 2.00 bits per heavy atom. The van der Waals surface area contributed by atoms with Crippen LogP contribution in [-0.4, -0.2) is 5.91 Å². The Hall–Kier alpha value is -0.530. The fourth-order valence-electron chi connectivity index (χ4n) is 2.04. The van der Waals surface area contributed by atoms with E-state index in [9.17, 15) is 4.79 Å². The van der Waals surface area contributed by atoms with Crippen LogP contribution in [0.4, 0.5) is 0 Å². The van der Waals surface area contributed by atoms with Crippen LogP contribution in [0.3, 0.4) is 0 Å². The van der Waals surface area contributed by atoms with Gasteiger partial charge in [-0.3, -0.25) is 4.79 Å². The van der Waals surface area contributed by atoms with Gasteiger partial charge in [-0.15, -0.1) is 0 Å². The monoisotopic (exact) mass is 169 g/mol. The fourth-order valence-corrected chi connectivity index (χ4v) is 2.04. The molecule has 12 heavy (non-hydrogen) atoms. The van der Waals surface area contributed by atoms with Gasteiger partial charge in [-0.2, -0.15) is 0 Å². The third-order valence-corrected chi connectivity index (χ3v) is 2.90. The standard InChI is InChI=1S/C10H19NO/c1-8(10(11)12)7-9-5-3-2-4-6-9/h8-9H,2-7H2,1H3,(H2,11,12)/t8-/m0/s1. The summed E-state index contributed by atoms with van der Waals surface area (Å²) in [6.07, 6.45) is 7.68. The number of hydrogen-bond acceptors (Lipinski definition) is 1. The molecule has 1 aliphatic carbocycles. The molecule has 2 heteroatoms. The van der Waals surface area contributed by atoms with Crippen LogP contribution in [0.5, 0.6) is 0 Å². The first-order chi connectivity index (χ1) is 5.70. The van der Waals surface area contributed by atoms with Gasteiger partial charge in [-0.25, -0.2) is 0 Å². The van der Waals surface area contributed by atoms with E-state index in [1.165, 1.54) is 32.1 Å². The van der Waals surface area contributed by atoms with E-state index in [1.807, 2.05) is 6.92 Å². The lowest BCUT2D eigenvalue weighted by Crippen LogP contribution is -2.23. The van der Waals surface area contributed by atoms with E-state index in [2.05, 4.69) is 0 Å². The minimum absolute atomic E-state index is 0.0769. The molecule has 0 aliphatic heterocycles. The molecule has 0 heterocycles. The summed E-state index contributed by atoms with van der Waals surface area (Å²) in [5, 5.41) is 0.